The molecule has 2 aromatic heterocycles. The molecule has 0 unspecified atom stereocenters. The molecule has 0 saturated carbocycles. The van der Waals surface area contributed by atoms with Gasteiger partial charge in [0.15, 0.2) is 28.4 Å². The fraction of sp³-hybridized carbons (Fsp3) is 0. The van der Waals surface area contributed by atoms with E-state index in [1.54, 1.807) is 30.3 Å². The molecule has 0 radical (unpaired) electrons. The first-order chi connectivity index (χ1) is 13.7. The molecule has 9 nitrogen and oxygen atoms in total. The molecule has 0 N–H and O–H groups in total. The fourth-order valence-corrected chi connectivity index (χ4v) is 2.98. The molecule has 0 fully saturated rings. The van der Waals surface area contributed by atoms with Crippen molar-refractivity contribution in [3.63, 3.8) is 0 Å². The highest BCUT2D eigenvalue weighted by atomic mass is 15.0. The number of fused-ring (bicyclic) bond motifs is 4. The Labute approximate surface area is 157 Å². The second-order valence-electron chi connectivity index (χ2n) is 5.47. The van der Waals surface area contributed by atoms with E-state index in [1.807, 2.05) is 6.07 Å². The SMILES string of the molecule is [C-]#[N+]/C(C#N)=C1/c2nc3nc(C#N)c(C#N)nc3nc2-c2cccc([N+]#[C-])c21. The number of nitriles is 3. The van der Waals surface area contributed by atoms with E-state index in [0.717, 1.165) is 0 Å². The average molecular weight is 357 g/mol. The van der Waals surface area contributed by atoms with E-state index in [4.69, 9.17) is 23.7 Å². The number of hydrogen-bond donors (Lipinski definition) is 0. The van der Waals surface area contributed by atoms with Crippen LogP contribution in [0.3, 0.4) is 0 Å². The van der Waals surface area contributed by atoms with Gasteiger partial charge in [0.05, 0.1) is 30.6 Å². The smallest absolute Gasteiger partial charge is 0.238 e. The van der Waals surface area contributed by atoms with Crippen LogP contribution < -0.4 is 0 Å². The molecule has 1 aromatic carbocycles. The van der Waals surface area contributed by atoms with E-state index in [0.29, 0.717) is 16.8 Å². The van der Waals surface area contributed by atoms with Crippen LogP contribution in [0.15, 0.2) is 23.9 Å². The number of hydrogen-bond acceptors (Lipinski definition) is 7. The van der Waals surface area contributed by atoms with Gasteiger partial charge in [0.2, 0.25) is 0 Å². The molecule has 0 spiro atoms. The van der Waals surface area contributed by atoms with Crippen molar-refractivity contribution < 1.29 is 0 Å². The summed E-state index contributed by atoms with van der Waals surface area (Å²) in [6.45, 7) is 14.7. The van der Waals surface area contributed by atoms with Gasteiger partial charge in [-0.2, -0.15) is 10.5 Å². The summed E-state index contributed by atoms with van der Waals surface area (Å²) in [7, 11) is 0. The van der Waals surface area contributed by atoms with Crippen LogP contribution >= 0.6 is 0 Å². The Morgan fingerprint density at radius 2 is 1.54 bits per heavy atom. The number of rotatable bonds is 0. The van der Waals surface area contributed by atoms with Gasteiger partial charge >= 0.3 is 0 Å². The molecule has 0 saturated heterocycles. The number of nitrogens with zero attached hydrogens (tertiary/aromatic N) is 9. The van der Waals surface area contributed by atoms with Gasteiger partial charge in [-0.15, -0.1) is 0 Å². The second kappa shape index (κ2) is 5.97. The lowest BCUT2D eigenvalue weighted by atomic mass is 10.0. The van der Waals surface area contributed by atoms with Crippen molar-refractivity contribution in [3.8, 4) is 29.5 Å². The summed E-state index contributed by atoms with van der Waals surface area (Å²) in [5.41, 5.74) is 1.40. The van der Waals surface area contributed by atoms with Crippen molar-refractivity contribution in [1.29, 1.82) is 15.8 Å². The van der Waals surface area contributed by atoms with Crippen molar-refractivity contribution in [3.05, 3.63) is 69.4 Å². The molecule has 0 atom stereocenters. The molecule has 3 aromatic rings. The standard InChI is InChI=1S/C19H3N9/c1-23-10-5-3-4-9-14(10)15(13(8-22)24-2)17-16(9)27-18-19(28-17)26-12(7-21)11(6-20)25-18/h3-5H/b15-13+. The predicted octanol–water partition coefficient (Wildman–Crippen LogP) is 2.90. The summed E-state index contributed by atoms with van der Waals surface area (Å²) in [4.78, 5) is 23.6. The van der Waals surface area contributed by atoms with E-state index < -0.39 is 0 Å². The van der Waals surface area contributed by atoms with E-state index in [1.165, 1.54) is 0 Å². The van der Waals surface area contributed by atoms with Gasteiger partial charge in [-0.05, 0) is 11.1 Å². The Morgan fingerprint density at radius 1 is 0.893 bits per heavy atom. The molecule has 4 rings (SSSR count). The lowest BCUT2D eigenvalue weighted by Gasteiger charge is -2.04. The molecule has 28 heavy (non-hydrogen) atoms. The van der Waals surface area contributed by atoms with Gasteiger partial charge in [-0.3, -0.25) is 0 Å². The van der Waals surface area contributed by atoms with E-state index in [-0.39, 0.29) is 45.3 Å². The topological polar surface area (TPSA) is 132 Å². The maximum atomic E-state index is 9.41. The summed E-state index contributed by atoms with van der Waals surface area (Å²) < 4.78 is 0. The largest absolute Gasteiger partial charge is 0.270 e. The second-order valence-corrected chi connectivity index (χ2v) is 5.47. The third kappa shape index (κ3) is 2.07. The first-order valence-corrected chi connectivity index (χ1v) is 7.60. The van der Waals surface area contributed by atoms with Crippen LogP contribution in [0.5, 0.6) is 0 Å². The summed E-state index contributed by atoms with van der Waals surface area (Å²) >= 11 is 0. The van der Waals surface area contributed by atoms with Crippen LogP contribution in [0.2, 0.25) is 0 Å². The molecule has 2 heterocycles. The van der Waals surface area contributed by atoms with Crippen LogP contribution in [0.4, 0.5) is 5.69 Å². The number of benzene rings is 1. The molecule has 0 aliphatic heterocycles. The Kier molecular flexibility index (Phi) is 3.48. The zero-order valence-corrected chi connectivity index (χ0v) is 13.8. The van der Waals surface area contributed by atoms with Crippen LogP contribution in [0, 0.1) is 47.1 Å². The Bertz CT molecular complexity index is 1450. The lowest BCUT2D eigenvalue weighted by molar-refractivity contribution is 1.11. The third-order valence-corrected chi connectivity index (χ3v) is 4.09. The summed E-state index contributed by atoms with van der Waals surface area (Å²) in [5.74, 6) is 0. The monoisotopic (exact) mass is 357 g/mol. The van der Waals surface area contributed by atoms with Crippen LogP contribution in [0.1, 0.15) is 22.6 Å². The zero-order valence-electron chi connectivity index (χ0n) is 13.8. The zero-order chi connectivity index (χ0) is 19.8. The highest BCUT2D eigenvalue weighted by molar-refractivity contribution is 6.06. The van der Waals surface area contributed by atoms with Crippen LogP contribution in [-0.2, 0) is 0 Å². The number of aromatic nitrogens is 4. The van der Waals surface area contributed by atoms with E-state index in [2.05, 4.69) is 29.6 Å². The average Bonchev–Trinajstić information content (AvgIpc) is 3.05. The predicted molar refractivity (Wildman–Crippen MR) is 94.5 cm³/mol. The Morgan fingerprint density at radius 3 is 2.07 bits per heavy atom. The number of allylic oxidation sites excluding steroid dienone is 1. The molecule has 0 bridgehead atoms. The molecule has 1 aliphatic carbocycles. The van der Waals surface area contributed by atoms with Gasteiger partial charge < -0.3 is 0 Å². The van der Waals surface area contributed by atoms with E-state index in [9.17, 15) is 5.26 Å². The Balaban J connectivity index is 2.20. The molecular formula is C19H3N9. The van der Waals surface area contributed by atoms with Crippen molar-refractivity contribution in [2.45, 2.75) is 0 Å². The fourth-order valence-electron chi connectivity index (χ4n) is 2.98. The maximum Gasteiger partial charge on any atom is 0.270 e. The van der Waals surface area contributed by atoms with Gasteiger partial charge in [-0.1, -0.05) is 18.2 Å². The van der Waals surface area contributed by atoms with E-state index >= 15 is 0 Å². The quantitative estimate of drug-likeness (QED) is 0.349. The molecular weight excluding hydrogens is 354 g/mol. The van der Waals surface area contributed by atoms with Gasteiger partial charge in [0.25, 0.3) is 5.70 Å². The lowest BCUT2D eigenvalue weighted by Crippen LogP contribution is -2.02. The van der Waals surface area contributed by atoms with Crippen LogP contribution in [-0.4, -0.2) is 19.9 Å². The van der Waals surface area contributed by atoms with Crippen molar-refractivity contribution >= 4 is 22.6 Å². The molecule has 1 aliphatic rings. The minimum Gasteiger partial charge on any atom is -0.238 e. The highest BCUT2D eigenvalue weighted by Crippen LogP contribution is 2.48. The summed E-state index contributed by atoms with van der Waals surface area (Å²) in [6, 6.07) is 10.4. The first kappa shape index (κ1) is 16.3. The molecule has 9 heteroatoms. The minimum absolute atomic E-state index is 0.00578. The minimum atomic E-state index is -0.230. The highest BCUT2D eigenvalue weighted by Gasteiger charge is 2.32. The van der Waals surface area contributed by atoms with Gasteiger partial charge in [-0.25, -0.2) is 34.9 Å². The van der Waals surface area contributed by atoms with Crippen molar-refractivity contribution in [2.24, 2.45) is 0 Å². The molecule has 0 amide bonds. The van der Waals surface area contributed by atoms with Gasteiger partial charge in [0, 0.05) is 5.57 Å². The summed E-state index contributed by atoms with van der Waals surface area (Å²) in [5, 5.41) is 27.7. The van der Waals surface area contributed by atoms with Crippen molar-refractivity contribution in [1.82, 2.24) is 19.9 Å². The summed E-state index contributed by atoms with van der Waals surface area (Å²) in [6.07, 6.45) is 0. The van der Waals surface area contributed by atoms with Crippen LogP contribution in [0.25, 0.3) is 37.8 Å². The maximum absolute atomic E-state index is 9.41. The third-order valence-electron chi connectivity index (χ3n) is 4.09. The normalized spacial score (nSPS) is 12.5. The van der Waals surface area contributed by atoms with Gasteiger partial charge in [0.1, 0.15) is 12.1 Å². The molecule has 124 valence electrons. The Hall–Kier alpha value is -5.17. The van der Waals surface area contributed by atoms with Crippen molar-refractivity contribution in [2.75, 3.05) is 0 Å². The first-order valence-electron chi connectivity index (χ1n) is 7.60.